The first kappa shape index (κ1) is 20.1. The number of nitrogens with zero attached hydrogens (tertiary/aromatic N) is 4. The van der Waals surface area contributed by atoms with Crippen molar-refractivity contribution < 1.29 is 14.3 Å². The highest BCUT2D eigenvalue weighted by atomic mass is 19.1. The number of aromatic nitrogens is 4. The Balaban J connectivity index is 1.69. The third-order valence-corrected chi connectivity index (χ3v) is 5.50. The van der Waals surface area contributed by atoms with E-state index in [1.54, 1.807) is 19.3 Å². The van der Waals surface area contributed by atoms with Crippen molar-refractivity contribution >= 4 is 28.9 Å². The average Bonchev–Trinajstić information content (AvgIpc) is 3.39. The molecule has 1 aliphatic rings. The molecule has 1 aliphatic carbocycles. The van der Waals surface area contributed by atoms with E-state index in [9.17, 15) is 14.3 Å². The van der Waals surface area contributed by atoms with Crippen LogP contribution in [0.25, 0.3) is 11.2 Å². The molecule has 1 fully saturated rings. The number of benzene rings is 1. The minimum Gasteiger partial charge on any atom is -0.480 e. The quantitative estimate of drug-likeness (QED) is 0.514. The van der Waals surface area contributed by atoms with Crippen molar-refractivity contribution in [3.8, 4) is 0 Å². The highest BCUT2D eigenvalue weighted by Crippen LogP contribution is 2.33. The largest absolute Gasteiger partial charge is 0.480 e. The highest BCUT2D eigenvalue weighted by molar-refractivity contribution is 5.85. The van der Waals surface area contributed by atoms with Gasteiger partial charge in [0.25, 0.3) is 0 Å². The lowest BCUT2D eigenvalue weighted by molar-refractivity contribution is -0.138. The summed E-state index contributed by atoms with van der Waals surface area (Å²) in [5, 5.41) is 15.5. The molecule has 2 heterocycles. The lowest BCUT2D eigenvalue weighted by Gasteiger charge is -2.16. The second-order valence-electron chi connectivity index (χ2n) is 7.59. The Morgan fingerprint density at radius 1 is 1.33 bits per heavy atom. The summed E-state index contributed by atoms with van der Waals surface area (Å²) >= 11 is 0. The van der Waals surface area contributed by atoms with Crippen LogP contribution in [-0.4, -0.2) is 36.6 Å². The average molecular weight is 412 g/mol. The number of nitrogens with one attached hydrogen (secondary N) is 2. The minimum atomic E-state index is -0.959. The van der Waals surface area contributed by atoms with E-state index in [1.165, 1.54) is 25.0 Å². The molecule has 0 unspecified atom stereocenters. The van der Waals surface area contributed by atoms with Crippen molar-refractivity contribution in [3.63, 3.8) is 0 Å². The molecule has 9 heteroatoms. The summed E-state index contributed by atoms with van der Waals surface area (Å²) in [6.45, 7) is 2.14. The first-order chi connectivity index (χ1) is 14.5. The van der Waals surface area contributed by atoms with Crippen LogP contribution in [0.5, 0.6) is 0 Å². The topological polar surface area (TPSA) is 105 Å². The Hall–Kier alpha value is -3.23. The molecule has 3 N–H and O–H groups in total. The number of imidazole rings is 1. The van der Waals surface area contributed by atoms with E-state index in [4.69, 9.17) is 0 Å². The van der Waals surface area contributed by atoms with Crippen LogP contribution in [0.4, 0.5) is 16.2 Å². The molecule has 30 heavy (non-hydrogen) atoms. The van der Waals surface area contributed by atoms with Crippen molar-refractivity contribution in [2.24, 2.45) is 0 Å². The number of hydrogen-bond acceptors (Lipinski definition) is 6. The van der Waals surface area contributed by atoms with Crippen LogP contribution in [0, 0.1) is 5.82 Å². The zero-order chi connectivity index (χ0) is 21.1. The second kappa shape index (κ2) is 8.64. The van der Waals surface area contributed by atoms with E-state index in [0.29, 0.717) is 36.0 Å². The molecule has 0 aliphatic heterocycles. The first-order valence-corrected chi connectivity index (χ1v) is 10.3. The number of halogens is 1. The van der Waals surface area contributed by atoms with Gasteiger partial charge in [0.15, 0.2) is 17.0 Å². The Morgan fingerprint density at radius 2 is 2.13 bits per heavy atom. The van der Waals surface area contributed by atoms with Crippen molar-refractivity contribution in [2.75, 3.05) is 10.6 Å². The number of fused-ring (bicyclic) bond motifs is 1. The zero-order valence-corrected chi connectivity index (χ0v) is 16.8. The molecule has 4 rings (SSSR count). The van der Waals surface area contributed by atoms with Gasteiger partial charge in [0.2, 0.25) is 5.95 Å². The van der Waals surface area contributed by atoms with Crippen LogP contribution < -0.4 is 10.6 Å². The van der Waals surface area contributed by atoms with Crippen molar-refractivity contribution in [1.82, 2.24) is 19.5 Å². The van der Waals surface area contributed by atoms with Gasteiger partial charge in [0, 0.05) is 12.6 Å². The standard InChI is InChI=1S/C21H25FN6O2/c1-2-16(20(29)30)25-21-26-18(23-11-13-6-5-7-14(22)10-13)17-19(27-21)28(12-24-17)15-8-3-4-9-15/h5-7,10,12,15-16H,2-4,8-9,11H2,1H3,(H,29,30)(H2,23,25,26,27)/t16-/m1/s1. The molecule has 3 aromatic rings. The third-order valence-electron chi connectivity index (χ3n) is 5.50. The van der Waals surface area contributed by atoms with Gasteiger partial charge in [-0.15, -0.1) is 0 Å². The van der Waals surface area contributed by atoms with Crippen LogP contribution in [-0.2, 0) is 11.3 Å². The summed E-state index contributed by atoms with van der Waals surface area (Å²) in [6, 6.07) is 5.87. The van der Waals surface area contributed by atoms with E-state index in [1.807, 2.05) is 6.07 Å². The maximum atomic E-state index is 13.5. The predicted octanol–water partition coefficient (Wildman–Crippen LogP) is 3.97. The number of carboxylic acid groups (broad SMARTS) is 1. The third kappa shape index (κ3) is 4.19. The zero-order valence-electron chi connectivity index (χ0n) is 16.8. The van der Waals surface area contributed by atoms with Gasteiger partial charge in [0.1, 0.15) is 11.9 Å². The van der Waals surface area contributed by atoms with Gasteiger partial charge in [0.05, 0.1) is 6.33 Å². The highest BCUT2D eigenvalue weighted by Gasteiger charge is 2.23. The number of aliphatic carboxylic acids is 1. The molecular weight excluding hydrogens is 387 g/mol. The summed E-state index contributed by atoms with van der Waals surface area (Å²) in [4.78, 5) is 25.1. The summed E-state index contributed by atoms with van der Waals surface area (Å²) in [5.74, 6) is -0.538. The molecule has 1 aromatic carbocycles. The normalized spacial score (nSPS) is 15.4. The lowest BCUT2D eigenvalue weighted by Crippen LogP contribution is -2.29. The molecule has 158 valence electrons. The first-order valence-electron chi connectivity index (χ1n) is 10.3. The van der Waals surface area contributed by atoms with Gasteiger partial charge in [-0.3, -0.25) is 0 Å². The molecule has 0 bridgehead atoms. The van der Waals surface area contributed by atoms with Gasteiger partial charge in [-0.25, -0.2) is 14.2 Å². The molecule has 2 aromatic heterocycles. The van der Waals surface area contributed by atoms with Crippen LogP contribution in [0.1, 0.15) is 50.6 Å². The van der Waals surface area contributed by atoms with Crippen LogP contribution in [0.3, 0.4) is 0 Å². The molecular formula is C21H25FN6O2. The molecule has 0 radical (unpaired) electrons. The Labute approximate surface area is 173 Å². The number of hydrogen-bond donors (Lipinski definition) is 3. The molecule has 1 saturated carbocycles. The minimum absolute atomic E-state index is 0.234. The fourth-order valence-corrected chi connectivity index (χ4v) is 3.88. The Bertz CT molecular complexity index is 1050. The lowest BCUT2D eigenvalue weighted by atomic mass is 10.2. The van der Waals surface area contributed by atoms with Gasteiger partial charge in [-0.05, 0) is 37.0 Å². The van der Waals surface area contributed by atoms with E-state index < -0.39 is 12.0 Å². The molecule has 0 saturated heterocycles. The van der Waals surface area contributed by atoms with Crippen LogP contribution in [0.15, 0.2) is 30.6 Å². The van der Waals surface area contributed by atoms with E-state index >= 15 is 0 Å². The van der Waals surface area contributed by atoms with E-state index in [-0.39, 0.29) is 11.8 Å². The van der Waals surface area contributed by atoms with Crippen molar-refractivity contribution in [1.29, 1.82) is 0 Å². The summed E-state index contributed by atoms with van der Waals surface area (Å²) < 4.78 is 15.6. The summed E-state index contributed by atoms with van der Waals surface area (Å²) in [5.41, 5.74) is 2.05. The SMILES string of the molecule is CC[C@@H](Nc1nc(NCc2cccc(F)c2)c2ncn(C3CCCC3)c2n1)C(=O)O. The van der Waals surface area contributed by atoms with Gasteiger partial charge >= 0.3 is 5.97 Å². The van der Waals surface area contributed by atoms with Gasteiger partial charge < -0.3 is 20.3 Å². The Morgan fingerprint density at radius 3 is 2.83 bits per heavy atom. The number of anilines is 2. The molecule has 8 nitrogen and oxygen atoms in total. The van der Waals surface area contributed by atoms with Crippen LogP contribution in [0.2, 0.25) is 0 Å². The summed E-state index contributed by atoms with van der Waals surface area (Å²) in [6.07, 6.45) is 6.64. The number of carboxylic acids is 1. The smallest absolute Gasteiger partial charge is 0.326 e. The predicted molar refractivity (Wildman–Crippen MR) is 112 cm³/mol. The number of carbonyl (C=O) groups is 1. The molecule has 1 atom stereocenters. The maximum absolute atomic E-state index is 13.5. The summed E-state index contributed by atoms with van der Waals surface area (Å²) in [7, 11) is 0. The fourth-order valence-electron chi connectivity index (χ4n) is 3.88. The molecule has 0 spiro atoms. The Kier molecular flexibility index (Phi) is 5.78. The van der Waals surface area contributed by atoms with E-state index in [0.717, 1.165) is 18.4 Å². The van der Waals surface area contributed by atoms with E-state index in [2.05, 4.69) is 30.2 Å². The number of rotatable bonds is 8. The maximum Gasteiger partial charge on any atom is 0.326 e. The van der Waals surface area contributed by atoms with Crippen LogP contribution >= 0.6 is 0 Å². The fraction of sp³-hybridized carbons (Fsp3) is 0.429. The second-order valence-corrected chi connectivity index (χ2v) is 7.59. The van der Waals surface area contributed by atoms with Crippen molar-refractivity contribution in [3.05, 3.63) is 42.0 Å². The monoisotopic (exact) mass is 412 g/mol. The van der Waals surface area contributed by atoms with Gasteiger partial charge in [-0.1, -0.05) is 31.9 Å². The van der Waals surface area contributed by atoms with Crippen molar-refractivity contribution in [2.45, 2.75) is 57.7 Å². The van der Waals surface area contributed by atoms with Gasteiger partial charge in [-0.2, -0.15) is 9.97 Å². The molecule has 0 amide bonds.